The molecule has 0 saturated heterocycles. The molecular formula is C19H28ClNO. The molecule has 1 atom stereocenters. The number of aliphatic hydroxyl groups is 1. The van der Waals surface area contributed by atoms with Crippen LogP contribution in [0.5, 0.6) is 0 Å². The van der Waals surface area contributed by atoms with Gasteiger partial charge in [0.05, 0.1) is 6.54 Å². The highest BCUT2D eigenvalue weighted by Gasteiger charge is 2.38. The molecule has 1 aliphatic rings. The summed E-state index contributed by atoms with van der Waals surface area (Å²) in [4.78, 5) is 2.05. The zero-order valence-corrected chi connectivity index (χ0v) is 14.5. The summed E-state index contributed by atoms with van der Waals surface area (Å²) in [6.07, 6.45) is 6.51. The molecule has 0 spiro atoms. The lowest BCUT2D eigenvalue weighted by Crippen LogP contribution is -2.36. The summed E-state index contributed by atoms with van der Waals surface area (Å²) in [5.74, 6) is 6.71. The summed E-state index contributed by atoms with van der Waals surface area (Å²) in [7, 11) is 4.03. The summed E-state index contributed by atoms with van der Waals surface area (Å²) in [6.45, 7) is 0.746. The van der Waals surface area contributed by atoms with Gasteiger partial charge >= 0.3 is 0 Å². The third-order valence-corrected chi connectivity index (χ3v) is 4.43. The Labute approximate surface area is 141 Å². The maximum Gasteiger partial charge on any atom is 0.103 e. The van der Waals surface area contributed by atoms with Crippen LogP contribution in [0, 0.1) is 17.8 Å². The predicted octanol–water partition coefficient (Wildman–Crippen LogP) is 3.83. The Hall–Kier alpha value is -1.01. The van der Waals surface area contributed by atoms with Crippen LogP contribution in [0.3, 0.4) is 0 Å². The van der Waals surface area contributed by atoms with E-state index in [9.17, 15) is 5.11 Å². The summed E-state index contributed by atoms with van der Waals surface area (Å²) >= 11 is 0. The number of hydrogen-bond donors (Lipinski definition) is 1. The molecule has 1 N–H and O–H groups in total. The molecule has 0 heterocycles. The van der Waals surface area contributed by atoms with Gasteiger partial charge in [-0.05, 0) is 38.4 Å². The van der Waals surface area contributed by atoms with Gasteiger partial charge in [-0.25, -0.2) is 0 Å². The van der Waals surface area contributed by atoms with E-state index < -0.39 is 5.60 Å². The lowest BCUT2D eigenvalue weighted by atomic mass is 9.72. The number of rotatable bonds is 4. The van der Waals surface area contributed by atoms with E-state index in [4.69, 9.17) is 0 Å². The minimum atomic E-state index is -0.791. The first-order chi connectivity index (χ1) is 10.1. The van der Waals surface area contributed by atoms with Crippen LogP contribution in [0.2, 0.25) is 0 Å². The van der Waals surface area contributed by atoms with Gasteiger partial charge in [0.2, 0.25) is 0 Å². The average Bonchev–Trinajstić information content (AvgIpc) is 2.53. The lowest BCUT2D eigenvalue weighted by molar-refractivity contribution is -0.0344. The van der Waals surface area contributed by atoms with Crippen LogP contribution in [0.25, 0.3) is 0 Å². The lowest BCUT2D eigenvalue weighted by Gasteiger charge is -2.38. The fourth-order valence-corrected chi connectivity index (χ4v) is 3.20. The van der Waals surface area contributed by atoms with Crippen molar-refractivity contribution >= 4 is 12.4 Å². The van der Waals surface area contributed by atoms with E-state index in [0.29, 0.717) is 12.3 Å². The Bertz CT molecular complexity index is 485. The van der Waals surface area contributed by atoms with Crippen LogP contribution >= 0.6 is 12.4 Å². The molecule has 3 heteroatoms. The molecule has 0 aromatic heterocycles. The van der Waals surface area contributed by atoms with Gasteiger partial charge in [0.1, 0.15) is 5.60 Å². The normalized spacial score (nSPS) is 18.0. The second-order valence-electron chi connectivity index (χ2n) is 6.39. The molecule has 122 valence electrons. The standard InChI is InChI=1S/C19H27NO.ClH/c1-20(2)16-10-9-15-19(21,17-11-5-3-6-12-17)18-13-7-4-8-14-18;/h3,5-6,11-12,18,21H,4,7-8,13-16H2,1-2H3;1H. The van der Waals surface area contributed by atoms with Crippen molar-refractivity contribution in [3.63, 3.8) is 0 Å². The predicted molar refractivity (Wildman–Crippen MR) is 95.1 cm³/mol. The molecule has 0 bridgehead atoms. The zero-order valence-electron chi connectivity index (χ0n) is 13.7. The van der Waals surface area contributed by atoms with E-state index >= 15 is 0 Å². The summed E-state index contributed by atoms with van der Waals surface area (Å²) in [6, 6.07) is 10.1. The molecular weight excluding hydrogens is 294 g/mol. The number of hydrogen-bond acceptors (Lipinski definition) is 2. The number of halogens is 1. The van der Waals surface area contributed by atoms with Gasteiger partial charge in [-0.1, -0.05) is 61.4 Å². The quantitative estimate of drug-likeness (QED) is 0.852. The topological polar surface area (TPSA) is 23.5 Å². The van der Waals surface area contributed by atoms with Crippen LogP contribution in [0.4, 0.5) is 0 Å². The second-order valence-corrected chi connectivity index (χ2v) is 6.39. The van der Waals surface area contributed by atoms with Crippen molar-refractivity contribution in [2.24, 2.45) is 5.92 Å². The van der Waals surface area contributed by atoms with E-state index in [-0.39, 0.29) is 12.4 Å². The second kappa shape index (κ2) is 9.20. The van der Waals surface area contributed by atoms with Crippen molar-refractivity contribution in [3.8, 4) is 11.8 Å². The highest BCUT2D eigenvalue weighted by molar-refractivity contribution is 5.85. The van der Waals surface area contributed by atoms with Gasteiger partial charge < -0.3 is 5.11 Å². The third kappa shape index (κ3) is 5.02. The van der Waals surface area contributed by atoms with Crippen molar-refractivity contribution in [2.75, 3.05) is 20.6 Å². The van der Waals surface area contributed by atoms with Gasteiger partial charge in [-0.3, -0.25) is 4.90 Å². The molecule has 1 unspecified atom stereocenters. The molecule has 2 nitrogen and oxygen atoms in total. The molecule has 0 amide bonds. The highest BCUT2D eigenvalue weighted by atomic mass is 35.5. The van der Waals surface area contributed by atoms with Crippen LogP contribution in [-0.4, -0.2) is 30.6 Å². The zero-order chi connectivity index (χ0) is 15.1. The minimum Gasteiger partial charge on any atom is -0.384 e. The SMILES string of the molecule is CN(C)CC#CCC(O)(c1ccccc1)C1CCCCC1.Cl. The van der Waals surface area contributed by atoms with Gasteiger partial charge in [0.15, 0.2) is 0 Å². The monoisotopic (exact) mass is 321 g/mol. The molecule has 1 aliphatic carbocycles. The summed E-state index contributed by atoms with van der Waals surface area (Å²) < 4.78 is 0. The first-order valence-corrected chi connectivity index (χ1v) is 8.01. The van der Waals surface area contributed by atoms with Crippen LogP contribution in [0.15, 0.2) is 30.3 Å². The van der Waals surface area contributed by atoms with E-state index in [2.05, 4.69) is 16.7 Å². The van der Waals surface area contributed by atoms with E-state index in [0.717, 1.165) is 24.9 Å². The molecule has 1 aromatic rings. The molecule has 1 fully saturated rings. The largest absolute Gasteiger partial charge is 0.384 e. The molecule has 0 aliphatic heterocycles. The van der Waals surface area contributed by atoms with Gasteiger partial charge in [0.25, 0.3) is 0 Å². The third-order valence-electron chi connectivity index (χ3n) is 4.43. The van der Waals surface area contributed by atoms with Crippen LogP contribution in [0.1, 0.15) is 44.1 Å². The first kappa shape index (κ1) is 19.0. The van der Waals surface area contributed by atoms with Crippen molar-refractivity contribution in [2.45, 2.75) is 44.1 Å². The van der Waals surface area contributed by atoms with E-state index in [1.807, 2.05) is 44.4 Å². The number of nitrogens with zero attached hydrogens (tertiary/aromatic N) is 1. The smallest absolute Gasteiger partial charge is 0.103 e. The average molecular weight is 322 g/mol. The van der Waals surface area contributed by atoms with Gasteiger partial charge in [0, 0.05) is 6.42 Å². The van der Waals surface area contributed by atoms with E-state index in [1.165, 1.54) is 19.3 Å². The van der Waals surface area contributed by atoms with E-state index in [1.54, 1.807) is 0 Å². The van der Waals surface area contributed by atoms with Crippen molar-refractivity contribution in [1.29, 1.82) is 0 Å². The highest BCUT2D eigenvalue weighted by Crippen LogP contribution is 2.41. The maximum absolute atomic E-state index is 11.4. The number of benzene rings is 1. The minimum absolute atomic E-state index is 0. The van der Waals surface area contributed by atoms with Crippen LogP contribution < -0.4 is 0 Å². The summed E-state index contributed by atoms with van der Waals surface area (Å²) in [5.41, 5.74) is 0.233. The van der Waals surface area contributed by atoms with Crippen molar-refractivity contribution in [3.05, 3.63) is 35.9 Å². The molecule has 1 aromatic carbocycles. The fraction of sp³-hybridized carbons (Fsp3) is 0.579. The Kier molecular flexibility index (Phi) is 7.96. The first-order valence-electron chi connectivity index (χ1n) is 8.01. The Balaban J connectivity index is 0.00000242. The summed E-state index contributed by atoms with van der Waals surface area (Å²) in [5, 5.41) is 11.4. The molecule has 0 radical (unpaired) electrons. The molecule has 22 heavy (non-hydrogen) atoms. The Morgan fingerprint density at radius 2 is 1.73 bits per heavy atom. The molecule has 1 saturated carbocycles. The fourth-order valence-electron chi connectivity index (χ4n) is 3.20. The van der Waals surface area contributed by atoms with Crippen molar-refractivity contribution in [1.82, 2.24) is 4.90 Å². The van der Waals surface area contributed by atoms with Gasteiger partial charge in [-0.15, -0.1) is 12.4 Å². The Morgan fingerprint density at radius 3 is 2.32 bits per heavy atom. The van der Waals surface area contributed by atoms with Crippen molar-refractivity contribution < 1.29 is 5.11 Å². The van der Waals surface area contributed by atoms with Crippen LogP contribution in [-0.2, 0) is 5.60 Å². The van der Waals surface area contributed by atoms with Gasteiger partial charge in [-0.2, -0.15) is 0 Å². The maximum atomic E-state index is 11.4. The molecule has 2 rings (SSSR count). The Morgan fingerprint density at radius 1 is 1.09 bits per heavy atom.